The Hall–Kier alpha value is 0.729. The SMILES string of the molecule is CCC[O][Fe+][O]CCC.[Cl-]. The average molecular weight is 209 g/mol. The Balaban J connectivity index is 0. The van der Waals surface area contributed by atoms with Crippen molar-refractivity contribution in [2.45, 2.75) is 26.7 Å². The molecule has 0 unspecified atom stereocenters. The van der Waals surface area contributed by atoms with Crippen molar-refractivity contribution in [1.29, 1.82) is 0 Å². The second-order valence-corrected chi connectivity index (χ2v) is 2.49. The fraction of sp³-hybridized carbons (Fsp3) is 1.00. The Bertz CT molecular complexity index is 49.0. The summed E-state index contributed by atoms with van der Waals surface area (Å²) in [6, 6.07) is 0. The molecule has 0 radical (unpaired) electrons. The van der Waals surface area contributed by atoms with Crippen LogP contribution in [0.3, 0.4) is 0 Å². The van der Waals surface area contributed by atoms with Crippen LogP contribution < -0.4 is 12.4 Å². The van der Waals surface area contributed by atoms with E-state index in [9.17, 15) is 0 Å². The molecule has 0 aliphatic rings. The van der Waals surface area contributed by atoms with Crippen LogP contribution in [0.1, 0.15) is 26.7 Å². The van der Waals surface area contributed by atoms with Gasteiger partial charge in [0.2, 0.25) is 0 Å². The molecule has 0 heterocycles. The van der Waals surface area contributed by atoms with E-state index in [2.05, 4.69) is 13.8 Å². The van der Waals surface area contributed by atoms with Crippen LogP contribution in [0.5, 0.6) is 0 Å². The minimum absolute atomic E-state index is 0. The molecule has 0 aromatic carbocycles. The maximum Gasteiger partial charge on any atom is -1.00 e. The molecule has 0 aliphatic heterocycles. The van der Waals surface area contributed by atoms with Gasteiger partial charge in [0, 0.05) is 0 Å². The second kappa shape index (κ2) is 12.4. The fourth-order valence-corrected chi connectivity index (χ4v) is 0.960. The molecule has 65 valence electrons. The molecular formula is C6H14ClFeO2. The molecule has 0 saturated heterocycles. The van der Waals surface area contributed by atoms with Gasteiger partial charge in [-0.2, -0.15) is 0 Å². The third-order valence-corrected chi connectivity index (χ3v) is 1.35. The fourth-order valence-electron chi connectivity index (χ4n) is 0.233. The van der Waals surface area contributed by atoms with Gasteiger partial charge in [0.25, 0.3) is 0 Å². The normalized spacial score (nSPS) is 9.00. The molecule has 0 bridgehead atoms. The van der Waals surface area contributed by atoms with Gasteiger partial charge in [0.15, 0.2) is 0 Å². The molecule has 0 fully saturated rings. The van der Waals surface area contributed by atoms with Gasteiger partial charge < -0.3 is 12.4 Å². The first-order chi connectivity index (χ1) is 4.41. The van der Waals surface area contributed by atoms with Gasteiger partial charge in [-0.25, -0.2) is 0 Å². The van der Waals surface area contributed by atoms with Gasteiger partial charge in [-0.1, -0.05) is 0 Å². The molecule has 4 heteroatoms. The van der Waals surface area contributed by atoms with Crippen molar-refractivity contribution in [2.24, 2.45) is 0 Å². The maximum absolute atomic E-state index is 5.06. The molecule has 2 nitrogen and oxygen atoms in total. The summed E-state index contributed by atoms with van der Waals surface area (Å²) in [6.45, 7) is 5.78. The summed E-state index contributed by atoms with van der Waals surface area (Å²) in [7, 11) is 0. The Morgan fingerprint density at radius 1 is 1.00 bits per heavy atom. The maximum atomic E-state index is 5.06. The summed E-state index contributed by atoms with van der Waals surface area (Å²) in [5.74, 6) is 0. The zero-order valence-corrected chi connectivity index (χ0v) is 8.24. The van der Waals surface area contributed by atoms with E-state index in [1.54, 1.807) is 0 Å². The zero-order chi connectivity index (χ0) is 6.95. The van der Waals surface area contributed by atoms with E-state index in [-0.39, 0.29) is 12.4 Å². The molecule has 0 N–H and O–H groups in total. The predicted molar refractivity (Wildman–Crippen MR) is 32.5 cm³/mol. The first-order valence-electron chi connectivity index (χ1n) is 3.28. The van der Waals surface area contributed by atoms with Crippen LogP contribution in [-0.4, -0.2) is 13.2 Å². The zero-order valence-electron chi connectivity index (χ0n) is 6.38. The van der Waals surface area contributed by atoms with Crippen LogP contribution in [0, 0.1) is 0 Å². The molecule has 0 atom stereocenters. The van der Waals surface area contributed by atoms with E-state index in [1.165, 1.54) is 0 Å². The van der Waals surface area contributed by atoms with Crippen molar-refractivity contribution in [2.75, 3.05) is 13.2 Å². The average Bonchev–Trinajstić information content (AvgIpc) is 1.89. The molecule has 0 aromatic heterocycles. The number of hydrogen-bond donors (Lipinski definition) is 0. The van der Waals surface area contributed by atoms with Crippen molar-refractivity contribution in [3.05, 3.63) is 0 Å². The molecule has 0 aromatic rings. The van der Waals surface area contributed by atoms with Gasteiger partial charge in [-0.3, -0.25) is 0 Å². The third kappa shape index (κ3) is 11.5. The van der Waals surface area contributed by atoms with E-state index < -0.39 is 0 Å². The largest absolute Gasteiger partial charge is 1.00 e. The first-order valence-corrected chi connectivity index (χ1v) is 4.18. The summed E-state index contributed by atoms with van der Waals surface area (Å²) >= 11 is 0.460. The van der Waals surface area contributed by atoms with Crippen molar-refractivity contribution in [3.8, 4) is 0 Å². The Morgan fingerprint density at radius 3 is 1.70 bits per heavy atom. The monoisotopic (exact) mass is 209 g/mol. The van der Waals surface area contributed by atoms with Crippen LogP contribution in [0.25, 0.3) is 0 Å². The predicted octanol–water partition coefficient (Wildman–Crippen LogP) is -1.24. The standard InChI is InChI=1S/2C3H7O.ClH.Fe/c2*1-2-3-4;;/h2*2-3H2,1H3;1H;/q2*-1;;+3/p-1. The van der Waals surface area contributed by atoms with Gasteiger partial charge in [0.1, 0.15) is 0 Å². The van der Waals surface area contributed by atoms with E-state index in [0.717, 1.165) is 26.1 Å². The second-order valence-electron chi connectivity index (χ2n) is 1.67. The minimum atomic E-state index is 0. The Labute approximate surface area is 75.9 Å². The smallest absolute Gasteiger partial charge is 1.00 e. The van der Waals surface area contributed by atoms with E-state index in [1.807, 2.05) is 0 Å². The molecule has 0 aliphatic carbocycles. The van der Waals surface area contributed by atoms with E-state index in [0.29, 0.717) is 15.6 Å². The van der Waals surface area contributed by atoms with Gasteiger partial charge in [-0.05, 0) is 0 Å². The van der Waals surface area contributed by atoms with Crippen molar-refractivity contribution < 1.29 is 35.7 Å². The quantitative estimate of drug-likeness (QED) is 0.402. The van der Waals surface area contributed by atoms with Crippen LogP contribution in [-0.2, 0) is 23.3 Å². The van der Waals surface area contributed by atoms with E-state index in [4.69, 9.17) is 7.64 Å². The molecule has 0 rings (SSSR count). The molecule has 0 saturated carbocycles. The van der Waals surface area contributed by atoms with E-state index >= 15 is 0 Å². The Morgan fingerprint density at radius 2 is 1.40 bits per heavy atom. The minimum Gasteiger partial charge on any atom is -1.00 e. The molecule has 0 spiro atoms. The summed E-state index contributed by atoms with van der Waals surface area (Å²) in [6.07, 6.45) is 2.13. The van der Waals surface area contributed by atoms with Gasteiger partial charge in [-0.15, -0.1) is 0 Å². The molecule has 0 amide bonds. The van der Waals surface area contributed by atoms with Crippen molar-refractivity contribution in [1.82, 2.24) is 0 Å². The summed E-state index contributed by atoms with van der Waals surface area (Å²) in [4.78, 5) is 0. The van der Waals surface area contributed by atoms with Gasteiger partial charge in [0.05, 0.1) is 0 Å². The number of hydrogen-bond acceptors (Lipinski definition) is 2. The molecular weight excluding hydrogens is 195 g/mol. The third-order valence-electron chi connectivity index (χ3n) is 0.636. The van der Waals surface area contributed by atoms with Crippen LogP contribution >= 0.6 is 0 Å². The number of rotatable bonds is 6. The summed E-state index contributed by atoms with van der Waals surface area (Å²) in [5.41, 5.74) is 0. The first kappa shape index (κ1) is 13.3. The summed E-state index contributed by atoms with van der Waals surface area (Å²) in [5, 5.41) is 0. The van der Waals surface area contributed by atoms with Crippen molar-refractivity contribution in [3.63, 3.8) is 0 Å². The van der Waals surface area contributed by atoms with Crippen LogP contribution in [0.15, 0.2) is 0 Å². The molecule has 10 heavy (non-hydrogen) atoms. The van der Waals surface area contributed by atoms with Crippen molar-refractivity contribution >= 4 is 0 Å². The summed E-state index contributed by atoms with van der Waals surface area (Å²) < 4.78 is 10.1. The number of halogens is 1. The topological polar surface area (TPSA) is 18.5 Å². The van der Waals surface area contributed by atoms with Gasteiger partial charge >= 0.3 is 63.2 Å². The Kier molecular flexibility index (Phi) is 16.5. The van der Waals surface area contributed by atoms with Crippen LogP contribution in [0.2, 0.25) is 0 Å². The van der Waals surface area contributed by atoms with Crippen LogP contribution in [0.4, 0.5) is 0 Å².